The fraction of sp³-hybridized carbons (Fsp3) is 0.0526. The third kappa shape index (κ3) is 3.87. The van der Waals surface area contributed by atoms with E-state index >= 15 is 0 Å². The molecule has 6 nitrogen and oxygen atoms in total. The van der Waals surface area contributed by atoms with Gasteiger partial charge in [0.15, 0.2) is 10.8 Å². The van der Waals surface area contributed by atoms with Crippen LogP contribution in [0.15, 0.2) is 66.3 Å². The van der Waals surface area contributed by atoms with Gasteiger partial charge >= 0.3 is 6.18 Å². The molecule has 0 aliphatic heterocycles. The van der Waals surface area contributed by atoms with Gasteiger partial charge < -0.3 is 0 Å². The molecular formula is C19H12F3N5OS. The summed E-state index contributed by atoms with van der Waals surface area (Å²) in [5.41, 5.74) is -0.428. The lowest BCUT2D eigenvalue weighted by Crippen LogP contribution is -2.20. The summed E-state index contributed by atoms with van der Waals surface area (Å²) >= 11 is 1.09. The second-order valence-electron chi connectivity index (χ2n) is 5.86. The largest absolute Gasteiger partial charge is 0.434 e. The Hall–Kier alpha value is -3.53. The van der Waals surface area contributed by atoms with Crippen LogP contribution < -0.4 is 5.32 Å². The van der Waals surface area contributed by atoms with Crippen LogP contribution in [0.2, 0.25) is 0 Å². The van der Waals surface area contributed by atoms with Crippen LogP contribution in [0, 0.1) is 0 Å². The maximum atomic E-state index is 13.7. The van der Waals surface area contributed by atoms with Gasteiger partial charge in [-0.05, 0) is 24.3 Å². The van der Waals surface area contributed by atoms with Crippen LogP contribution in [0.1, 0.15) is 16.1 Å². The van der Waals surface area contributed by atoms with Gasteiger partial charge in [-0.15, -0.1) is 11.3 Å². The van der Waals surface area contributed by atoms with Crippen molar-refractivity contribution in [3.8, 4) is 17.1 Å². The first-order valence-electron chi connectivity index (χ1n) is 8.32. The van der Waals surface area contributed by atoms with E-state index in [1.165, 1.54) is 12.1 Å². The van der Waals surface area contributed by atoms with Crippen LogP contribution in [-0.4, -0.2) is 25.7 Å². The molecule has 0 spiro atoms. The van der Waals surface area contributed by atoms with Crippen molar-refractivity contribution in [1.82, 2.24) is 19.7 Å². The number of amides is 1. The summed E-state index contributed by atoms with van der Waals surface area (Å²) in [6, 6.07) is 13.1. The molecule has 0 aliphatic rings. The van der Waals surface area contributed by atoms with E-state index in [0.29, 0.717) is 16.1 Å². The summed E-state index contributed by atoms with van der Waals surface area (Å²) in [5, 5.41) is 8.02. The second-order valence-corrected chi connectivity index (χ2v) is 6.72. The summed E-state index contributed by atoms with van der Waals surface area (Å²) in [6.45, 7) is 0. The SMILES string of the molecule is O=C(Nc1nc(-c2ccccn2)cs1)c1cnn(-c2ccccc2)c1C(F)(F)F. The highest BCUT2D eigenvalue weighted by Gasteiger charge is 2.40. The Bertz CT molecular complexity index is 1140. The first-order valence-corrected chi connectivity index (χ1v) is 9.20. The summed E-state index contributed by atoms with van der Waals surface area (Å²) < 4.78 is 41.8. The number of para-hydroxylation sites is 1. The number of anilines is 1. The van der Waals surface area contributed by atoms with E-state index in [4.69, 9.17) is 0 Å². The minimum Gasteiger partial charge on any atom is -0.298 e. The van der Waals surface area contributed by atoms with Crippen LogP contribution in [0.3, 0.4) is 0 Å². The van der Waals surface area contributed by atoms with Crippen molar-refractivity contribution in [2.45, 2.75) is 6.18 Å². The average Bonchev–Trinajstić information content (AvgIpc) is 3.36. The topological polar surface area (TPSA) is 72.7 Å². The van der Waals surface area contributed by atoms with Gasteiger partial charge in [-0.3, -0.25) is 15.1 Å². The van der Waals surface area contributed by atoms with Crippen molar-refractivity contribution < 1.29 is 18.0 Å². The van der Waals surface area contributed by atoms with Crippen molar-refractivity contribution >= 4 is 22.4 Å². The Kier molecular flexibility index (Phi) is 4.85. The number of aromatic nitrogens is 4. The van der Waals surface area contributed by atoms with Gasteiger partial charge in [0.2, 0.25) is 0 Å². The Morgan fingerprint density at radius 3 is 2.48 bits per heavy atom. The lowest BCUT2D eigenvalue weighted by Gasteiger charge is -2.12. The molecule has 0 bridgehead atoms. The van der Waals surface area contributed by atoms with Gasteiger partial charge in [0.25, 0.3) is 5.91 Å². The molecule has 0 unspecified atom stereocenters. The molecule has 4 rings (SSSR count). The van der Waals surface area contributed by atoms with Crippen molar-refractivity contribution in [2.24, 2.45) is 0 Å². The quantitative estimate of drug-likeness (QED) is 0.526. The van der Waals surface area contributed by atoms with Crippen molar-refractivity contribution in [1.29, 1.82) is 0 Å². The Labute approximate surface area is 166 Å². The smallest absolute Gasteiger partial charge is 0.298 e. The molecule has 0 aliphatic carbocycles. The summed E-state index contributed by atoms with van der Waals surface area (Å²) in [7, 11) is 0. The normalized spacial score (nSPS) is 11.4. The third-order valence-corrected chi connectivity index (χ3v) is 4.69. The van der Waals surface area contributed by atoms with Gasteiger partial charge in [-0.1, -0.05) is 24.3 Å². The summed E-state index contributed by atoms with van der Waals surface area (Å²) in [6.07, 6.45) is -2.28. The van der Waals surface area contributed by atoms with Gasteiger partial charge in [-0.25, -0.2) is 9.67 Å². The molecule has 0 fully saturated rings. The van der Waals surface area contributed by atoms with Crippen LogP contribution in [0.4, 0.5) is 18.3 Å². The minimum absolute atomic E-state index is 0.163. The van der Waals surface area contributed by atoms with Gasteiger partial charge in [0.05, 0.1) is 23.1 Å². The molecule has 3 heterocycles. The predicted octanol–water partition coefficient (Wildman–Crippen LogP) is 4.66. The molecule has 1 amide bonds. The average molecular weight is 415 g/mol. The number of alkyl halides is 3. The number of carbonyl (C=O) groups is 1. The molecule has 1 aromatic carbocycles. The summed E-state index contributed by atoms with van der Waals surface area (Å²) in [5.74, 6) is -0.943. The fourth-order valence-electron chi connectivity index (χ4n) is 2.68. The van der Waals surface area contributed by atoms with E-state index in [1.54, 1.807) is 48.0 Å². The van der Waals surface area contributed by atoms with Crippen LogP contribution >= 0.6 is 11.3 Å². The van der Waals surface area contributed by atoms with Crippen molar-refractivity contribution in [3.63, 3.8) is 0 Å². The van der Waals surface area contributed by atoms with Gasteiger partial charge in [-0.2, -0.15) is 18.3 Å². The van der Waals surface area contributed by atoms with Crippen molar-refractivity contribution in [3.05, 3.63) is 77.6 Å². The van der Waals surface area contributed by atoms with Gasteiger partial charge in [0, 0.05) is 11.6 Å². The highest BCUT2D eigenvalue weighted by molar-refractivity contribution is 7.14. The van der Waals surface area contributed by atoms with Crippen LogP contribution in [0.25, 0.3) is 17.1 Å². The molecular weight excluding hydrogens is 403 g/mol. The number of halogens is 3. The zero-order valence-corrected chi connectivity index (χ0v) is 15.4. The predicted molar refractivity (Wildman–Crippen MR) is 102 cm³/mol. The zero-order valence-electron chi connectivity index (χ0n) is 14.6. The van der Waals surface area contributed by atoms with E-state index in [-0.39, 0.29) is 10.8 Å². The highest BCUT2D eigenvalue weighted by atomic mass is 32.1. The van der Waals surface area contributed by atoms with Gasteiger partial charge in [0.1, 0.15) is 5.69 Å². The lowest BCUT2D eigenvalue weighted by molar-refractivity contribution is -0.143. The number of nitrogens with one attached hydrogen (secondary N) is 1. The van der Waals surface area contributed by atoms with E-state index in [1.807, 2.05) is 0 Å². The molecule has 0 saturated carbocycles. The van der Waals surface area contributed by atoms with E-state index in [9.17, 15) is 18.0 Å². The van der Waals surface area contributed by atoms with E-state index < -0.39 is 23.3 Å². The number of rotatable bonds is 4. The van der Waals surface area contributed by atoms with E-state index in [0.717, 1.165) is 17.5 Å². The number of hydrogen-bond acceptors (Lipinski definition) is 5. The molecule has 0 atom stereocenters. The van der Waals surface area contributed by atoms with Crippen LogP contribution in [0.5, 0.6) is 0 Å². The molecule has 146 valence electrons. The molecule has 10 heteroatoms. The fourth-order valence-corrected chi connectivity index (χ4v) is 3.38. The number of hydrogen-bond donors (Lipinski definition) is 1. The molecule has 29 heavy (non-hydrogen) atoms. The lowest BCUT2D eigenvalue weighted by atomic mass is 10.2. The zero-order chi connectivity index (χ0) is 20.4. The van der Waals surface area contributed by atoms with Crippen LogP contribution in [-0.2, 0) is 6.18 Å². The maximum absolute atomic E-state index is 13.7. The molecule has 4 aromatic rings. The molecule has 0 saturated heterocycles. The monoisotopic (exact) mass is 415 g/mol. The molecule has 3 aromatic heterocycles. The standard InChI is InChI=1S/C19H12F3N5OS/c20-19(21,22)16-13(10-24-27(16)12-6-2-1-3-7-12)17(28)26-18-25-15(11-29-18)14-8-4-5-9-23-14/h1-11H,(H,25,26,28). The Morgan fingerprint density at radius 2 is 1.79 bits per heavy atom. The Morgan fingerprint density at radius 1 is 1.03 bits per heavy atom. The van der Waals surface area contributed by atoms with Crippen molar-refractivity contribution in [2.75, 3.05) is 5.32 Å². The first kappa shape index (κ1) is 18.8. The first-order chi connectivity index (χ1) is 13.9. The number of benzene rings is 1. The highest BCUT2D eigenvalue weighted by Crippen LogP contribution is 2.34. The number of thiazole rings is 1. The molecule has 1 N–H and O–H groups in total. The Balaban J connectivity index is 1.64. The number of pyridine rings is 1. The molecule has 0 radical (unpaired) electrons. The number of nitrogens with zero attached hydrogens (tertiary/aromatic N) is 4. The maximum Gasteiger partial charge on any atom is 0.434 e. The minimum atomic E-state index is -4.78. The third-order valence-electron chi connectivity index (χ3n) is 3.94. The summed E-state index contributed by atoms with van der Waals surface area (Å²) in [4.78, 5) is 20.9. The second kappa shape index (κ2) is 7.47. The number of carbonyl (C=O) groups excluding carboxylic acids is 1. The van der Waals surface area contributed by atoms with E-state index in [2.05, 4.69) is 20.4 Å².